The molecule has 0 unspecified atom stereocenters. The number of hydrogen-bond acceptors (Lipinski definition) is 4. The van der Waals surface area contributed by atoms with Gasteiger partial charge in [-0.2, -0.15) is 4.80 Å². The third-order valence-corrected chi connectivity index (χ3v) is 4.90. The molecule has 4 rings (SSSR count). The Bertz CT molecular complexity index is 1180. The molecule has 6 heteroatoms. The monoisotopic (exact) mass is 386 g/mol. The number of nitrogens with zero attached hydrogens (tertiary/aromatic N) is 3. The molecule has 146 valence electrons. The van der Waals surface area contributed by atoms with Crippen LogP contribution in [0.3, 0.4) is 0 Å². The molecule has 0 aliphatic rings. The molecule has 0 fully saturated rings. The molecular weight excluding hydrogens is 364 g/mol. The number of anilines is 1. The topological polar surface area (TPSA) is 69.0 Å². The number of aromatic nitrogens is 3. The van der Waals surface area contributed by atoms with Crippen LogP contribution in [0.25, 0.3) is 16.7 Å². The Morgan fingerprint density at radius 1 is 0.931 bits per heavy atom. The summed E-state index contributed by atoms with van der Waals surface area (Å²) in [6.45, 7) is 5.88. The van der Waals surface area contributed by atoms with Crippen molar-refractivity contribution in [1.29, 1.82) is 0 Å². The van der Waals surface area contributed by atoms with Crippen LogP contribution in [0.15, 0.2) is 60.7 Å². The van der Waals surface area contributed by atoms with Crippen molar-refractivity contribution >= 4 is 22.6 Å². The quantitative estimate of drug-likeness (QED) is 0.553. The maximum absolute atomic E-state index is 12.4. The molecule has 4 aromatic rings. The van der Waals surface area contributed by atoms with E-state index in [1.807, 2.05) is 81.4 Å². The lowest BCUT2D eigenvalue weighted by atomic mass is 10.1. The van der Waals surface area contributed by atoms with Crippen LogP contribution >= 0.6 is 0 Å². The first-order chi connectivity index (χ1) is 14.0. The summed E-state index contributed by atoms with van der Waals surface area (Å²) in [5.41, 5.74) is 6.15. The molecule has 0 aliphatic carbocycles. The fourth-order valence-corrected chi connectivity index (χ4v) is 3.09. The van der Waals surface area contributed by atoms with Crippen LogP contribution in [-0.2, 0) is 4.79 Å². The molecule has 0 radical (unpaired) electrons. The maximum Gasteiger partial charge on any atom is 0.262 e. The molecule has 0 saturated carbocycles. The number of nitrogens with one attached hydrogen (secondary N) is 1. The van der Waals surface area contributed by atoms with Crippen molar-refractivity contribution in [1.82, 2.24) is 15.0 Å². The third-order valence-electron chi connectivity index (χ3n) is 4.90. The van der Waals surface area contributed by atoms with Gasteiger partial charge < -0.3 is 10.1 Å². The van der Waals surface area contributed by atoms with Crippen molar-refractivity contribution in [3.63, 3.8) is 0 Å². The minimum Gasteiger partial charge on any atom is -0.483 e. The van der Waals surface area contributed by atoms with Crippen molar-refractivity contribution in [3.8, 4) is 11.4 Å². The first-order valence-corrected chi connectivity index (χ1v) is 9.43. The van der Waals surface area contributed by atoms with E-state index in [9.17, 15) is 4.79 Å². The molecule has 1 N–H and O–H groups in total. The number of amides is 1. The molecular formula is C23H22N4O2. The van der Waals surface area contributed by atoms with Gasteiger partial charge in [0.05, 0.1) is 5.69 Å². The molecule has 6 nitrogen and oxygen atoms in total. The molecule has 1 heterocycles. The standard InChI is InChI=1S/C23H22N4O2/c1-15-8-7-11-22(17(15)3)29-14-23(28)24-19-13-21-20(12-16(19)2)25-27(26-21)18-9-5-4-6-10-18/h4-13H,14H2,1-3H3,(H,24,28). The number of fused-ring (bicyclic) bond motifs is 1. The SMILES string of the molecule is Cc1cc2nn(-c3ccccc3)nc2cc1NC(=O)COc1cccc(C)c1C. The lowest BCUT2D eigenvalue weighted by Crippen LogP contribution is -2.21. The minimum atomic E-state index is -0.219. The summed E-state index contributed by atoms with van der Waals surface area (Å²) < 4.78 is 5.70. The second kappa shape index (κ2) is 7.75. The average molecular weight is 386 g/mol. The van der Waals surface area contributed by atoms with Crippen LogP contribution in [0, 0.1) is 20.8 Å². The maximum atomic E-state index is 12.4. The van der Waals surface area contributed by atoms with E-state index >= 15 is 0 Å². The Morgan fingerprint density at radius 3 is 2.41 bits per heavy atom. The van der Waals surface area contributed by atoms with Gasteiger partial charge in [0.1, 0.15) is 16.8 Å². The van der Waals surface area contributed by atoms with Crippen LogP contribution < -0.4 is 10.1 Å². The van der Waals surface area contributed by atoms with E-state index in [4.69, 9.17) is 4.74 Å². The second-order valence-corrected chi connectivity index (χ2v) is 7.02. The number of aryl methyl sites for hydroxylation is 2. The van der Waals surface area contributed by atoms with Gasteiger partial charge >= 0.3 is 0 Å². The Labute approximate surface area is 169 Å². The van der Waals surface area contributed by atoms with E-state index in [2.05, 4.69) is 15.5 Å². The Balaban J connectivity index is 1.50. The summed E-state index contributed by atoms with van der Waals surface area (Å²) in [6, 6.07) is 19.3. The van der Waals surface area contributed by atoms with E-state index in [0.29, 0.717) is 11.2 Å². The molecule has 0 aliphatic heterocycles. The van der Waals surface area contributed by atoms with Crippen LogP contribution in [0.4, 0.5) is 5.69 Å². The Hall–Kier alpha value is -3.67. The predicted molar refractivity (Wildman–Crippen MR) is 114 cm³/mol. The van der Waals surface area contributed by atoms with Gasteiger partial charge in [-0.3, -0.25) is 4.79 Å². The fraction of sp³-hybridized carbons (Fsp3) is 0.174. The molecule has 1 amide bonds. The summed E-state index contributed by atoms with van der Waals surface area (Å²) in [7, 11) is 0. The van der Waals surface area contributed by atoms with Crippen molar-refractivity contribution in [2.45, 2.75) is 20.8 Å². The van der Waals surface area contributed by atoms with E-state index in [0.717, 1.165) is 33.6 Å². The number of benzene rings is 3. The first kappa shape index (κ1) is 18.7. The van der Waals surface area contributed by atoms with Crippen molar-refractivity contribution in [3.05, 3.63) is 77.4 Å². The highest BCUT2D eigenvalue weighted by Gasteiger charge is 2.12. The van der Waals surface area contributed by atoms with Gasteiger partial charge in [0.15, 0.2) is 6.61 Å². The first-order valence-electron chi connectivity index (χ1n) is 9.43. The number of carbonyl (C=O) groups is 1. The zero-order valence-corrected chi connectivity index (χ0v) is 16.6. The number of carbonyl (C=O) groups excluding carboxylic acids is 1. The van der Waals surface area contributed by atoms with Gasteiger partial charge in [-0.1, -0.05) is 30.3 Å². The number of rotatable bonds is 5. The van der Waals surface area contributed by atoms with Crippen LogP contribution in [0.1, 0.15) is 16.7 Å². The lowest BCUT2D eigenvalue weighted by Gasteiger charge is -2.12. The van der Waals surface area contributed by atoms with Crippen LogP contribution in [0.2, 0.25) is 0 Å². The third kappa shape index (κ3) is 3.96. The molecule has 3 aromatic carbocycles. The van der Waals surface area contributed by atoms with E-state index in [-0.39, 0.29) is 12.5 Å². The summed E-state index contributed by atoms with van der Waals surface area (Å²) in [5.74, 6) is 0.502. The number of hydrogen-bond donors (Lipinski definition) is 1. The molecule has 29 heavy (non-hydrogen) atoms. The zero-order valence-electron chi connectivity index (χ0n) is 16.6. The highest BCUT2D eigenvalue weighted by molar-refractivity contribution is 5.95. The van der Waals surface area contributed by atoms with Gasteiger partial charge in [0.2, 0.25) is 0 Å². The minimum absolute atomic E-state index is 0.0571. The summed E-state index contributed by atoms with van der Waals surface area (Å²) in [5, 5.41) is 12.0. The van der Waals surface area contributed by atoms with Gasteiger partial charge in [0, 0.05) is 5.69 Å². The van der Waals surface area contributed by atoms with E-state index in [1.54, 1.807) is 4.80 Å². The van der Waals surface area contributed by atoms with Crippen molar-refractivity contribution < 1.29 is 9.53 Å². The van der Waals surface area contributed by atoms with E-state index in [1.165, 1.54) is 0 Å². The van der Waals surface area contributed by atoms with Crippen molar-refractivity contribution in [2.75, 3.05) is 11.9 Å². The molecule has 0 spiro atoms. The Morgan fingerprint density at radius 2 is 1.66 bits per heavy atom. The lowest BCUT2D eigenvalue weighted by molar-refractivity contribution is -0.118. The molecule has 0 atom stereocenters. The normalized spacial score (nSPS) is 10.9. The largest absolute Gasteiger partial charge is 0.483 e. The highest BCUT2D eigenvalue weighted by atomic mass is 16.5. The van der Waals surface area contributed by atoms with Gasteiger partial charge in [-0.25, -0.2) is 0 Å². The van der Waals surface area contributed by atoms with Gasteiger partial charge in [-0.05, 0) is 67.8 Å². The van der Waals surface area contributed by atoms with Gasteiger partial charge in [0.25, 0.3) is 5.91 Å². The number of ether oxygens (including phenoxy) is 1. The fourth-order valence-electron chi connectivity index (χ4n) is 3.09. The Kier molecular flexibility index (Phi) is 4.99. The average Bonchev–Trinajstić information content (AvgIpc) is 3.13. The number of para-hydroxylation sites is 1. The highest BCUT2D eigenvalue weighted by Crippen LogP contribution is 2.23. The van der Waals surface area contributed by atoms with Crippen molar-refractivity contribution in [2.24, 2.45) is 0 Å². The summed E-state index contributed by atoms with van der Waals surface area (Å²) in [6.07, 6.45) is 0. The molecule has 0 saturated heterocycles. The second-order valence-electron chi connectivity index (χ2n) is 7.02. The van der Waals surface area contributed by atoms with Crippen LogP contribution in [0.5, 0.6) is 5.75 Å². The molecule has 0 bridgehead atoms. The predicted octanol–water partition coefficient (Wildman–Crippen LogP) is 4.36. The van der Waals surface area contributed by atoms with E-state index < -0.39 is 0 Å². The zero-order chi connectivity index (χ0) is 20.4. The summed E-state index contributed by atoms with van der Waals surface area (Å²) in [4.78, 5) is 14.0. The van der Waals surface area contributed by atoms with Gasteiger partial charge in [-0.15, -0.1) is 10.2 Å². The summed E-state index contributed by atoms with van der Waals surface area (Å²) >= 11 is 0. The molecule has 1 aromatic heterocycles. The smallest absolute Gasteiger partial charge is 0.262 e. The van der Waals surface area contributed by atoms with Crippen LogP contribution in [-0.4, -0.2) is 27.5 Å².